The van der Waals surface area contributed by atoms with Crippen molar-refractivity contribution in [3.05, 3.63) is 57.8 Å². The molecule has 1 heterocycles. The van der Waals surface area contributed by atoms with Crippen LogP contribution in [0.2, 0.25) is 5.02 Å². The standard InChI is InChI=1S/C15H13ClN2OS/c1-19-12-4-2-3-10(7-12)9-18-14-8-11(16)5-6-13(14)17-15(18)20/h2-8H,9H2,1H3,(H,17,20). The number of hydrogen-bond donors (Lipinski definition) is 1. The lowest BCUT2D eigenvalue weighted by Gasteiger charge is -2.07. The van der Waals surface area contributed by atoms with Crippen LogP contribution in [0.1, 0.15) is 5.56 Å². The number of aromatic nitrogens is 2. The summed E-state index contributed by atoms with van der Waals surface area (Å²) in [5.41, 5.74) is 3.12. The number of fused-ring (bicyclic) bond motifs is 1. The first-order valence-corrected chi connectivity index (χ1v) is 6.97. The molecule has 0 saturated heterocycles. The van der Waals surface area contributed by atoms with Crippen LogP contribution in [0, 0.1) is 4.77 Å². The number of halogens is 1. The van der Waals surface area contributed by atoms with Crippen LogP contribution >= 0.6 is 23.8 Å². The molecule has 0 bridgehead atoms. The normalized spacial score (nSPS) is 10.9. The van der Waals surface area contributed by atoms with Crippen molar-refractivity contribution in [3.63, 3.8) is 0 Å². The van der Waals surface area contributed by atoms with Gasteiger partial charge in [0.15, 0.2) is 4.77 Å². The predicted octanol–water partition coefficient (Wildman–Crippen LogP) is 4.41. The highest BCUT2D eigenvalue weighted by molar-refractivity contribution is 7.71. The Labute approximate surface area is 126 Å². The van der Waals surface area contributed by atoms with Crippen LogP contribution in [-0.2, 0) is 6.54 Å². The van der Waals surface area contributed by atoms with E-state index < -0.39 is 0 Å². The molecule has 0 radical (unpaired) electrons. The molecule has 0 spiro atoms. The third-order valence-electron chi connectivity index (χ3n) is 3.21. The first kappa shape index (κ1) is 13.2. The Balaban J connectivity index is 2.07. The number of benzene rings is 2. The monoisotopic (exact) mass is 304 g/mol. The molecule has 2 aromatic carbocycles. The van der Waals surface area contributed by atoms with Crippen LogP contribution in [0.4, 0.5) is 0 Å². The predicted molar refractivity (Wildman–Crippen MR) is 84.2 cm³/mol. The van der Waals surface area contributed by atoms with E-state index in [9.17, 15) is 0 Å². The zero-order valence-corrected chi connectivity index (χ0v) is 12.5. The first-order chi connectivity index (χ1) is 9.67. The van der Waals surface area contributed by atoms with Gasteiger partial charge in [-0.1, -0.05) is 23.7 Å². The SMILES string of the molecule is COc1cccc(Cn2c(=S)[nH]c3ccc(Cl)cc32)c1. The largest absolute Gasteiger partial charge is 0.497 e. The van der Waals surface area contributed by atoms with Crippen molar-refractivity contribution >= 4 is 34.9 Å². The van der Waals surface area contributed by atoms with E-state index in [1.54, 1.807) is 7.11 Å². The number of imidazole rings is 1. The average Bonchev–Trinajstić information content (AvgIpc) is 2.75. The highest BCUT2D eigenvalue weighted by Gasteiger charge is 2.06. The second kappa shape index (κ2) is 5.31. The topological polar surface area (TPSA) is 29.9 Å². The van der Waals surface area contributed by atoms with Gasteiger partial charge in [0, 0.05) is 5.02 Å². The van der Waals surface area contributed by atoms with Crippen LogP contribution in [0.15, 0.2) is 42.5 Å². The van der Waals surface area contributed by atoms with Crippen molar-refractivity contribution in [3.8, 4) is 5.75 Å². The fourth-order valence-corrected chi connectivity index (χ4v) is 2.68. The van der Waals surface area contributed by atoms with Gasteiger partial charge in [-0.3, -0.25) is 0 Å². The number of hydrogen-bond acceptors (Lipinski definition) is 2. The van der Waals surface area contributed by atoms with Gasteiger partial charge in [-0.2, -0.15) is 0 Å². The van der Waals surface area contributed by atoms with E-state index >= 15 is 0 Å². The maximum Gasteiger partial charge on any atom is 0.178 e. The van der Waals surface area contributed by atoms with Crippen LogP contribution in [0.25, 0.3) is 11.0 Å². The number of nitrogens with one attached hydrogen (secondary N) is 1. The Morgan fingerprint density at radius 3 is 2.90 bits per heavy atom. The van der Waals surface area contributed by atoms with Gasteiger partial charge < -0.3 is 14.3 Å². The first-order valence-electron chi connectivity index (χ1n) is 6.18. The molecule has 0 fully saturated rings. The van der Waals surface area contributed by atoms with Crippen molar-refractivity contribution < 1.29 is 4.74 Å². The van der Waals surface area contributed by atoms with Gasteiger partial charge in [0.05, 0.1) is 24.7 Å². The van der Waals surface area contributed by atoms with Gasteiger partial charge >= 0.3 is 0 Å². The summed E-state index contributed by atoms with van der Waals surface area (Å²) in [6.45, 7) is 0.677. The van der Waals surface area contributed by atoms with E-state index in [2.05, 4.69) is 4.98 Å². The molecule has 3 rings (SSSR count). The molecule has 0 aliphatic heterocycles. The molecular formula is C15H13ClN2OS. The summed E-state index contributed by atoms with van der Waals surface area (Å²) in [6, 6.07) is 13.7. The molecule has 1 N–H and O–H groups in total. The molecule has 3 aromatic rings. The van der Waals surface area contributed by atoms with Crippen molar-refractivity contribution in [1.82, 2.24) is 9.55 Å². The van der Waals surface area contributed by atoms with Crippen LogP contribution in [0.5, 0.6) is 5.75 Å². The van der Waals surface area contributed by atoms with E-state index in [0.29, 0.717) is 16.3 Å². The molecular weight excluding hydrogens is 292 g/mol. The number of ether oxygens (including phenoxy) is 1. The number of H-pyrrole nitrogens is 1. The molecule has 0 amide bonds. The molecule has 5 heteroatoms. The minimum absolute atomic E-state index is 0.677. The zero-order chi connectivity index (χ0) is 14.1. The highest BCUT2D eigenvalue weighted by atomic mass is 35.5. The van der Waals surface area contributed by atoms with E-state index in [4.69, 9.17) is 28.6 Å². The molecule has 0 unspecified atom stereocenters. The number of methoxy groups -OCH3 is 1. The lowest BCUT2D eigenvalue weighted by Crippen LogP contribution is -2.00. The van der Waals surface area contributed by atoms with Gasteiger partial charge in [0.1, 0.15) is 5.75 Å². The van der Waals surface area contributed by atoms with Crippen molar-refractivity contribution in [1.29, 1.82) is 0 Å². The zero-order valence-electron chi connectivity index (χ0n) is 10.9. The summed E-state index contributed by atoms with van der Waals surface area (Å²) in [5.74, 6) is 0.840. The minimum Gasteiger partial charge on any atom is -0.497 e. The van der Waals surface area contributed by atoms with Gasteiger partial charge in [0.25, 0.3) is 0 Å². The minimum atomic E-state index is 0.677. The maximum atomic E-state index is 6.07. The molecule has 0 atom stereocenters. The molecule has 0 aliphatic carbocycles. The Bertz CT molecular complexity index is 822. The van der Waals surface area contributed by atoms with E-state index in [1.807, 2.05) is 47.0 Å². The van der Waals surface area contributed by atoms with Gasteiger partial charge in [0.2, 0.25) is 0 Å². The quantitative estimate of drug-likeness (QED) is 0.726. The Kier molecular flexibility index (Phi) is 3.51. The summed E-state index contributed by atoms with van der Waals surface area (Å²) < 4.78 is 7.96. The Morgan fingerprint density at radius 2 is 2.10 bits per heavy atom. The summed E-state index contributed by atoms with van der Waals surface area (Å²) in [7, 11) is 1.66. The van der Waals surface area contributed by atoms with Crippen molar-refractivity contribution in [2.24, 2.45) is 0 Å². The number of rotatable bonds is 3. The molecule has 0 saturated carbocycles. The fourth-order valence-electron chi connectivity index (χ4n) is 2.24. The summed E-state index contributed by atoms with van der Waals surface area (Å²) in [4.78, 5) is 3.19. The fraction of sp³-hybridized carbons (Fsp3) is 0.133. The number of nitrogens with zero attached hydrogens (tertiary/aromatic N) is 1. The second-order valence-corrected chi connectivity index (χ2v) is 5.35. The smallest absolute Gasteiger partial charge is 0.178 e. The molecule has 102 valence electrons. The molecule has 1 aromatic heterocycles. The molecule has 0 aliphatic rings. The summed E-state index contributed by atoms with van der Waals surface area (Å²) in [6.07, 6.45) is 0. The van der Waals surface area contributed by atoms with Gasteiger partial charge in [-0.25, -0.2) is 0 Å². The van der Waals surface area contributed by atoms with Crippen LogP contribution in [0.3, 0.4) is 0 Å². The highest BCUT2D eigenvalue weighted by Crippen LogP contribution is 2.21. The molecule has 3 nitrogen and oxygen atoms in total. The average molecular weight is 305 g/mol. The molecule has 20 heavy (non-hydrogen) atoms. The van der Waals surface area contributed by atoms with Crippen LogP contribution in [-0.4, -0.2) is 16.7 Å². The van der Waals surface area contributed by atoms with E-state index in [1.165, 1.54) is 0 Å². The number of aromatic amines is 1. The van der Waals surface area contributed by atoms with Gasteiger partial charge in [-0.05, 0) is 48.1 Å². The van der Waals surface area contributed by atoms with E-state index in [0.717, 1.165) is 22.3 Å². The summed E-state index contributed by atoms with van der Waals surface area (Å²) >= 11 is 11.5. The second-order valence-electron chi connectivity index (χ2n) is 4.53. The van der Waals surface area contributed by atoms with Crippen molar-refractivity contribution in [2.45, 2.75) is 6.54 Å². The summed E-state index contributed by atoms with van der Waals surface area (Å²) in [5, 5.41) is 0.700. The lowest BCUT2D eigenvalue weighted by atomic mass is 10.2. The maximum absolute atomic E-state index is 6.07. The van der Waals surface area contributed by atoms with Crippen LogP contribution < -0.4 is 4.74 Å². The third-order valence-corrected chi connectivity index (χ3v) is 3.77. The van der Waals surface area contributed by atoms with E-state index in [-0.39, 0.29) is 0 Å². The Hall–Kier alpha value is -1.78. The van der Waals surface area contributed by atoms with Gasteiger partial charge in [-0.15, -0.1) is 0 Å². The lowest BCUT2D eigenvalue weighted by molar-refractivity contribution is 0.414. The Morgan fingerprint density at radius 1 is 1.25 bits per heavy atom. The third kappa shape index (κ3) is 2.44. The van der Waals surface area contributed by atoms with Crippen molar-refractivity contribution in [2.75, 3.05) is 7.11 Å².